The van der Waals surface area contributed by atoms with Gasteiger partial charge in [-0.3, -0.25) is 4.79 Å². The van der Waals surface area contributed by atoms with E-state index in [-0.39, 0.29) is 17.8 Å². The normalized spacial score (nSPS) is 18.0. The molecule has 0 spiro atoms. The van der Waals surface area contributed by atoms with Crippen LogP contribution in [-0.2, 0) is 11.2 Å². The van der Waals surface area contributed by atoms with E-state index in [1.807, 2.05) is 4.68 Å². The topological polar surface area (TPSA) is 71.8 Å². The van der Waals surface area contributed by atoms with Gasteiger partial charge in [0.25, 0.3) is 0 Å². The van der Waals surface area contributed by atoms with Crippen LogP contribution in [-0.4, -0.2) is 26.0 Å². The Morgan fingerprint density at radius 2 is 1.93 bits per heavy atom. The van der Waals surface area contributed by atoms with Crippen LogP contribution in [0.3, 0.4) is 0 Å². The van der Waals surface area contributed by atoms with Crippen molar-refractivity contribution in [1.82, 2.24) is 14.9 Å². The van der Waals surface area contributed by atoms with Crippen LogP contribution in [0, 0.1) is 5.82 Å². The van der Waals surface area contributed by atoms with Gasteiger partial charge in [-0.2, -0.15) is 0 Å². The summed E-state index contributed by atoms with van der Waals surface area (Å²) in [4.78, 5) is 13.1. The van der Waals surface area contributed by atoms with E-state index in [1.165, 1.54) is 23.9 Å². The lowest BCUT2D eigenvalue weighted by Crippen LogP contribution is -2.41. The number of benzene rings is 2. The molecular formula is C20H19ClFN5OS. The Hall–Kier alpha value is -2.58. The fraction of sp³-hybridized carbons (Fsp3) is 0.250. The third-order valence-corrected chi connectivity index (χ3v) is 6.04. The quantitative estimate of drug-likeness (QED) is 0.625. The summed E-state index contributed by atoms with van der Waals surface area (Å²) >= 11 is 7.26. The summed E-state index contributed by atoms with van der Waals surface area (Å²) in [5.41, 5.74) is 4.81. The first-order valence-electron chi connectivity index (χ1n) is 9.24. The number of hydrogen-bond donors (Lipinski definition) is 2. The minimum Gasteiger partial charge on any atom is -0.325 e. The molecule has 0 fully saturated rings. The Labute approximate surface area is 176 Å². The molecule has 0 unspecified atom stereocenters. The molecule has 3 aromatic rings. The minimum atomic E-state index is -0.526. The van der Waals surface area contributed by atoms with E-state index >= 15 is 0 Å². The number of nitrogens with one attached hydrogen (secondary N) is 2. The average Bonchev–Trinajstić information content (AvgIpc) is 3.11. The lowest BCUT2D eigenvalue weighted by Gasteiger charge is -2.33. The summed E-state index contributed by atoms with van der Waals surface area (Å²) in [6.45, 7) is 2.07. The third-order valence-electron chi connectivity index (χ3n) is 4.58. The summed E-state index contributed by atoms with van der Waals surface area (Å²) in [6, 6.07) is 12.7. The van der Waals surface area contributed by atoms with Crippen molar-refractivity contribution in [3.63, 3.8) is 0 Å². The molecule has 6 nitrogen and oxygen atoms in total. The molecule has 2 N–H and O–H groups in total. The van der Waals surface area contributed by atoms with Crippen molar-refractivity contribution >= 4 is 35.0 Å². The number of aromatic nitrogens is 3. The predicted molar refractivity (Wildman–Crippen MR) is 112 cm³/mol. The molecule has 0 radical (unpaired) electrons. The van der Waals surface area contributed by atoms with Gasteiger partial charge in [-0.1, -0.05) is 42.4 Å². The van der Waals surface area contributed by atoms with E-state index in [2.05, 4.69) is 27.9 Å². The average molecular weight is 432 g/mol. The molecule has 1 aliphatic rings. The number of hydrogen-bond acceptors (Lipinski definition) is 5. The number of halogens is 2. The number of carbonyl (C=O) groups is 1. The Morgan fingerprint density at radius 1 is 1.21 bits per heavy atom. The van der Waals surface area contributed by atoms with Gasteiger partial charge in [0, 0.05) is 17.1 Å². The second-order valence-corrected chi connectivity index (χ2v) is 8.22. The van der Waals surface area contributed by atoms with Gasteiger partial charge >= 0.3 is 0 Å². The molecule has 1 aromatic heterocycles. The molecule has 2 aromatic carbocycles. The molecule has 0 bridgehead atoms. The van der Waals surface area contributed by atoms with Gasteiger partial charge in [0.15, 0.2) is 5.82 Å². The molecule has 0 saturated carbocycles. The number of carbonyl (C=O) groups excluding carboxylic acids is 1. The molecule has 1 aliphatic heterocycles. The van der Waals surface area contributed by atoms with E-state index in [9.17, 15) is 9.18 Å². The maximum absolute atomic E-state index is 13.4. The zero-order chi connectivity index (χ0) is 20.4. The second kappa shape index (κ2) is 8.42. The van der Waals surface area contributed by atoms with Gasteiger partial charge in [0.05, 0.1) is 6.04 Å². The van der Waals surface area contributed by atoms with Crippen molar-refractivity contribution in [2.75, 3.05) is 10.7 Å². The Kier molecular flexibility index (Phi) is 5.73. The van der Waals surface area contributed by atoms with Gasteiger partial charge in [-0.05, 0) is 48.4 Å². The van der Waals surface area contributed by atoms with Crippen LogP contribution in [0.5, 0.6) is 0 Å². The highest BCUT2D eigenvalue weighted by Gasteiger charge is 2.37. The van der Waals surface area contributed by atoms with Crippen molar-refractivity contribution in [3.8, 4) is 0 Å². The first kappa shape index (κ1) is 19.7. The highest BCUT2D eigenvalue weighted by Crippen LogP contribution is 2.37. The number of thioether (sulfide) groups is 1. The Balaban J connectivity index is 1.65. The molecule has 0 saturated heterocycles. The number of rotatable bonds is 5. The van der Waals surface area contributed by atoms with Crippen molar-refractivity contribution in [1.29, 1.82) is 0 Å². The first-order valence-corrected chi connectivity index (χ1v) is 10.5. The lowest BCUT2D eigenvalue weighted by atomic mass is 10.0. The summed E-state index contributed by atoms with van der Waals surface area (Å²) in [6.07, 6.45) is 1.69. The molecule has 150 valence electrons. The molecule has 1 amide bonds. The van der Waals surface area contributed by atoms with Gasteiger partial charge in [-0.25, -0.2) is 9.07 Å². The van der Waals surface area contributed by atoms with E-state index in [1.54, 1.807) is 36.4 Å². The third kappa shape index (κ3) is 4.23. The minimum absolute atomic E-state index is 0.189. The van der Waals surface area contributed by atoms with E-state index in [4.69, 9.17) is 11.6 Å². The van der Waals surface area contributed by atoms with E-state index in [0.29, 0.717) is 15.9 Å². The molecule has 9 heteroatoms. The van der Waals surface area contributed by atoms with Crippen molar-refractivity contribution in [3.05, 3.63) is 70.8 Å². The fourth-order valence-corrected chi connectivity index (χ4v) is 4.38. The van der Waals surface area contributed by atoms with E-state index in [0.717, 1.165) is 24.2 Å². The highest BCUT2D eigenvalue weighted by molar-refractivity contribution is 8.00. The fourth-order valence-electron chi connectivity index (χ4n) is 3.15. The van der Waals surface area contributed by atoms with Crippen LogP contribution in [0.4, 0.5) is 10.1 Å². The van der Waals surface area contributed by atoms with Gasteiger partial charge in [-0.15, -0.1) is 10.2 Å². The van der Waals surface area contributed by atoms with Gasteiger partial charge in [0.1, 0.15) is 11.1 Å². The summed E-state index contributed by atoms with van der Waals surface area (Å²) < 4.78 is 15.3. The molecule has 4 rings (SSSR count). The smallest absolute Gasteiger partial charge is 0.240 e. The Morgan fingerprint density at radius 3 is 2.62 bits per heavy atom. The molecule has 2 heterocycles. The SMILES string of the molecule is CCCc1nnc2n1N[C@@H](c1ccc(F)cc1)[C@H](C(=O)Nc1ccc(Cl)cc1)S2. The van der Waals surface area contributed by atoms with Crippen molar-refractivity contribution in [2.45, 2.75) is 36.2 Å². The molecule has 29 heavy (non-hydrogen) atoms. The van der Waals surface area contributed by atoms with Gasteiger partial charge < -0.3 is 10.7 Å². The zero-order valence-electron chi connectivity index (χ0n) is 15.6. The maximum atomic E-state index is 13.4. The van der Waals surface area contributed by atoms with Crippen LogP contribution in [0.15, 0.2) is 53.7 Å². The van der Waals surface area contributed by atoms with Crippen LogP contribution in [0.2, 0.25) is 5.02 Å². The lowest BCUT2D eigenvalue weighted by molar-refractivity contribution is -0.116. The largest absolute Gasteiger partial charge is 0.325 e. The molecule has 0 aliphatic carbocycles. The Bertz CT molecular complexity index is 1010. The van der Waals surface area contributed by atoms with Crippen molar-refractivity contribution in [2.24, 2.45) is 0 Å². The first-order chi connectivity index (χ1) is 14.0. The summed E-state index contributed by atoms with van der Waals surface area (Å²) in [5.74, 6) is 0.292. The zero-order valence-corrected chi connectivity index (χ0v) is 17.2. The van der Waals surface area contributed by atoms with Crippen LogP contribution in [0.1, 0.15) is 30.8 Å². The predicted octanol–water partition coefficient (Wildman–Crippen LogP) is 4.42. The number of anilines is 1. The summed E-state index contributed by atoms with van der Waals surface area (Å²) in [5, 5.41) is 12.1. The summed E-state index contributed by atoms with van der Waals surface area (Å²) in [7, 11) is 0. The number of aryl methyl sites for hydroxylation is 1. The van der Waals surface area contributed by atoms with E-state index < -0.39 is 5.25 Å². The monoisotopic (exact) mass is 431 g/mol. The van der Waals surface area contributed by atoms with Gasteiger partial charge in [0.2, 0.25) is 11.1 Å². The number of nitrogens with zero attached hydrogens (tertiary/aromatic N) is 3. The number of amides is 1. The van der Waals surface area contributed by atoms with Crippen LogP contribution < -0.4 is 10.7 Å². The van der Waals surface area contributed by atoms with Crippen LogP contribution >= 0.6 is 23.4 Å². The van der Waals surface area contributed by atoms with Crippen molar-refractivity contribution < 1.29 is 9.18 Å². The highest BCUT2D eigenvalue weighted by atomic mass is 35.5. The molecule has 2 atom stereocenters. The standard InChI is InChI=1S/C20H19ClFN5OS/c1-2-3-16-24-25-20-27(16)26-17(12-4-8-14(22)9-5-12)18(29-20)19(28)23-15-10-6-13(21)7-11-15/h4-11,17-18,26H,2-3H2,1H3,(H,23,28)/t17-,18+/m0/s1. The van der Waals surface area contributed by atoms with Crippen LogP contribution in [0.25, 0.3) is 0 Å². The maximum Gasteiger partial charge on any atom is 0.240 e. The number of fused-ring (bicyclic) bond motifs is 1. The second-order valence-electron chi connectivity index (χ2n) is 6.68. The molecular weight excluding hydrogens is 413 g/mol.